The Morgan fingerprint density at radius 3 is 0.800 bits per heavy atom. The van der Waals surface area contributed by atoms with Gasteiger partial charge in [-0.25, -0.2) is 0 Å². The van der Waals surface area contributed by atoms with E-state index < -0.39 is 0 Å². The third-order valence-corrected chi connectivity index (χ3v) is 0. The summed E-state index contributed by atoms with van der Waals surface area (Å²) < 4.78 is 16.2. The maximum absolute atomic E-state index is 8.11. The van der Waals surface area contributed by atoms with E-state index in [1.165, 1.54) is 89.6 Å². The molecule has 5 heavy (non-hydrogen) atoms. The molecule has 0 aromatic rings. The summed E-state index contributed by atoms with van der Waals surface area (Å²) in [5.41, 5.74) is 0. The van der Waals surface area contributed by atoms with Crippen molar-refractivity contribution >= 4 is 0 Å². The average molecular weight is 394 g/mol. The first kappa shape index (κ1) is 15.6. The van der Waals surface area contributed by atoms with E-state index in [4.69, 9.17) is 0.576 Å². The van der Waals surface area contributed by atoms with Gasteiger partial charge in [0.15, 0.2) is 0 Å². The molecule has 0 unspecified atom stereocenters. The first-order valence-electron chi connectivity index (χ1n) is 0.218. The molecular formula is O3Yb2. The molecule has 0 aromatic heterocycles. The van der Waals surface area contributed by atoms with Crippen LogP contribution in [-0.4, -0.2) is 0 Å². The van der Waals surface area contributed by atoms with Crippen LogP contribution in [0.5, 0.6) is 0 Å². The second-order valence-electron chi connectivity index (χ2n) is 0. The zero-order chi connectivity index (χ0) is 4.00. The van der Waals surface area contributed by atoms with Crippen molar-refractivity contribution in [2.24, 2.45) is 0 Å². The summed E-state index contributed by atoms with van der Waals surface area (Å²) in [6.07, 6.45) is 0. The van der Waals surface area contributed by atoms with Gasteiger partial charge in [-0.05, 0) is 0 Å². The van der Waals surface area contributed by atoms with E-state index in [2.05, 4.69) is 0 Å². The number of rotatable bonds is 0. The van der Waals surface area contributed by atoms with Crippen LogP contribution in [0.2, 0.25) is 0 Å². The van der Waals surface area contributed by atoms with E-state index in [9.17, 15) is 0 Å². The Balaban J connectivity index is -0.0000000133. The molecule has 0 saturated carbocycles. The predicted octanol–water partition coefficient (Wildman–Crippen LogP) is -0.356. The zero-order valence-corrected chi connectivity index (χ0v) is 5.19. The molecule has 0 amide bonds. The average Bonchev–Trinajstić information content (AvgIpc) is 1.50. The quantitative estimate of drug-likeness (QED) is 0.564. The minimum absolute atomic E-state index is 0. The fourth-order valence-electron chi connectivity index (χ4n) is 0. The number of hydrogen-bond acceptors (Lipinski definition) is 2. The molecule has 3 nitrogen and oxygen atoms in total. The molecule has 0 aromatic carbocycles. The van der Waals surface area contributed by atoms with Gasteiger partial charge >= 0.3 is 90.2 Å². The first-order valence-corrected chi connectivity index (χ1v) is 1.62. The second-order valence-corrected chi connectivity index (χ2v) is 0. The van der Waals surface area contributed by atoms with E-state index in [1.54, 1.807) is 0 Å². The third kappa shape index (κ3) is 20.7. The fraction of sp³-hybridized carbons (Fsp3) is 0. The molecule has 0 atom stereocenters. The minimum atomic E-state index is 0. The molecule has 0 aliphatic rings. The van der Waals surface area contributed by atoms with Crippen LogP contribution in [0.3, 0.4) is 0 Å². The topological polar surface area (TPSA) is 62.6 Å². The summed E-state index contributed by atoms with van der Waals surface area (Å²) >= 11 is 2.89. The predicted molar refractivity (Wildman–Crippen MR) is 2.06 cm³/mol. The zero-order valence-electron chi connectivity index (χ0n) is 1.76. The van der Waals surface area contributed by atoms with Crippen LogP contribution in [0.1, 0.15) is 0 Å². The van der Waals surface area contributed by atoms with Gasteiger partial charge in [0.2, 0.25) is 0 Å². The van der Waals surface area contributed by atoms with Gasteiger partial charge in [-0.2, -0.15) is 0 Å². The van der Waals surface area contributed by atoms with Crippen LogP contribution in [-0.2, 0) is 6.05 Å². The van der Waals surface area contributed by atoms with E-state index in [1.807, 2.05) is 0 Å². The van der Waals surface area contributed by atoms with Gasteiger partial charge in [0.1, 0.15) is 0 Å². The van der Waals surface area contributed by atoms with Crippen molar-refractivity contribution in [2.45, 2.75) is 0 Å². The van der Waals surface area contributed by atoms with Crippen molar-refractivity contribution in [1.82, 2.24) is 0 Å². The van der Waals surface area contributed by atoms with Gasteiger partial charge in [0, 0.05) is 0 Å². The maximum atomic E-state index is 8.11. The monoisotopic (exact) mass is 396 g/mol. The van der Waals surface area contributed by atoms with Crippen molar-refractivity contribution in [3.63, 3.8) is 0 Å². The summed E-state index contributed by atoms with van der Waals surface area (Å²) in [5.74, 6) is 0. The normalized spacial score (nSPS) is 2.40. The van der Waals surface area contributed by atoms with Gasteiger partial charge in [-0.15, -0.1) is 0 Å². The van der Waals surface area contributed by atoms with Gasteiger partial charge in [0.05, 0.1) is 0 Å². The Morgan fingerprint density at radius 1 is 0.800 bits per heavy atom. The molecule has 0 radical (unpaired) electrons. The van der Waals surface area contributed by atoms with Crippen LogP contribution >= 0.6 is 0 Å². The summed E-state index contributed by atoms with van der Waals surface area (Å²) in [4.78, 5) is 0. The molecule has 0 fully saturated rings. The van der Waals surface area contributed by atoms with E-state index in [0.717, 1.165) is 0 Å². The number of hydrogen-bond donors (Lipinski definition) is 0. The van der Waals surface area contributed by atoms with Gasteiger partial charge in [-0.3, -0.25) is 0 Å². The summed E-state index contributed by atoms with van der Waals surface area (Å²) in [5, 5.41) is 0. The Labute approximate surface area is 92.7 Å². The Kier molecular flexibility index (Phi) is 95.8. The van der Waals surface area contributed by atoms with Crippen molar-refractivity contribution in [3.8, 4) is 0 Å². The molecule has 46 valence electrons. The molecule has 5 heteroatoms. The Morgan fingerprint density at radius 2 is 0.800 bits per heavy atom. The fourth-order valence-corrected chi connectivity index (χ4v) is 0. The first-order chi connectivity index (χ1) is 2.00. The molecule has 0 aliphatic heterocycles. The van der Waals surface area contributed by atoms with Crippen molar-refractivity contribution in [2.75, 3.05) is 0 Å². The SMILES string of the molecule is [O-2].[O]=[Yb+].[O]=[Yb+]. The van der Waals surface area contributed by atoms with Gasteiger partial charge in [0.25, 0.3) is 0 Å². The van der Waals surface area contributed by atoms with E-state index >= 15 is 0 Å². The molecule has 0 spiro atoms. The van der Waals surface area contributed by atoms with Crippen LogP contribution in [0.25, 0.3) is 0 Å². The molecule has 0 aliphatic carbocycles. The summed E-state index contributed by atoms with van der Waals surface area (Å²) in [6, 6.07) is 0. The standard InChI is InChI=1S/3O.2Yb/q;;-2;2*+1. The third-order valence-electron chi connectivity index (χ3n) is 0. The molecule has 0 saturated heterocycles. The summed E-state index contributed by atoms with van der Waals surface area (Å²) in [6.45, 7) is 0. The van der Waals surface area contributed by atoms with Crippen LogP contribution in [0.4, 0.5) is 0 Å². The van der Waals surface area contributed by atoms with E-state index in [-0.39, 0.29) is 5.48 Å². The molecular weight excluding hydrogens is 394 g/mol. The molecule has 0 bridgehead atoms. The van der Waals surface area contributed by atoms with Gasteiger partial charge in [-0.1, -0.05) is 0 Å². The van der Waals surface area contributed by atoms with Crippen molar-refractivity contribution < 1.29 is 95.7 Å². The Hall–Kier alpha value is 2.60. The summed E-state index contributed by atoms with van der Waals surface area (Å²) in [7, 11) is 0. The molecule has 0 N–H and O–H groups in total. The van der Waals surface area contributed by atoms with Crippen LogP contribution < -0.4 is 0 Å². The van der Waals surface area contributed by atoms with E-state index in [0.29, 0.717) is 0 Å². The molecule has 0 rings (SSSR count). The van der Waals surface area contributed by atoms with Crippen molar-refractivity contribution in [1.29, 1.82) is 0 Å². The molecule has 0 heterocycles. The Bertz CT molecular complexity index is 6.85. The second kappa shape index (κ2) is 30.6. The van der Waals surface area contributed by atoms with Gasteiger partial charge < -0.3 is 5.48 Å². The van der Waals surface area contributed by atoms with Crippen LogP contribution in [0.15, 0.2) is 0 Å². The van der Waals surface area contributed by atoms with Crippen molar-refractivity contribution in [3.05, 3.63) is 0 Å². The van der Waals surface area contributed by atoms with Crippen LogP contribution in [0, 0.1) is 89.6 Å².